The molecule has 0 aliphatic carbocycles. The number of pyridine rings is 1. The largest absolute Gasteiger partial charge is 0.483 e. The summed E-state index contributed by atoms with van der Waals surface area (Å²) >= 11 is 0. The summed E-state index contributed by atoms with van der Waals surface area (Å²) in [5.41, 5.74) is 1.08. The first kappa shape index (κ1) is 18.7. The van der Waals surface area contributed by atoms with Crippen LogP contribution < -0.4 is 10.1 Å². The van der Waals surface area contributed by atoms with E-state index in [2.05, 4.69) is 10.3 Å². The fraction of sp³-hybridized carbons (Fsp3) is 0.200. The van der Waals surface area contributed by atoms with Crippen molar-refractivity contribution in [3.05, 3.63) is 65.4 Å². The minimum Gasteiger partial charge on any atom is -0.483 e. The molecule has 3 aromatic rings. The Balaban J connectivity index is 1.80. The zero-order chi connectivity index (χ0) is 19.6. The molecule has 0 atom stereocenters. The summed E-state index contributed by atoms with van der Waals surface area (Å²) < 4.78 is 45.0. The molecule has 0 radical (unpaired) electrons. The Bertz CT molecular complexity index is 1000. The quantitative estimate of drug-likeness (QED) is 0.708. The molecule has 0 bridgehead atoms. The monoisotopic (exact) mass is 374 g/mol. The first-order chi connectivity index (χ1) is 12.8. The molecule has 3 rings (SSSR count). The van der Waals surface area contributed by atoms with E-state index in [1.165, 1.54) is 24.4 Å². The topological polar surface area (TPSA) is 51.2 Å². The second-order valence-electron chi connectivity index (χ2n) is 6.16. The fourth-order valence-electron chi connectivity index (χ4n) is 2.71. The predicted molar refractivity (Wildman–Crippen MR) is 96.8 cm³/mol. The van der Waals surface area contributed by atoms with Crippen LogP contribution in [0.2, 0.25) is 0 Å². The summed E-state index contributed by atoms with van der Waals surface area (Å²) in [5.74, 6) is 0.116. The number of hydrogen-bond donors (Lipinski definition) is 1. The first-order valence-corrected chi connectivity index (χ1v) is 8.20. The molecule has 0 saturated carbocycles. The summed E-state index contributed by atoms with van der Waals surface area (Å²) in [5, 5.41) is 2.81. The number of ether oxygens (including phenoxy) is 1. The van der Waals surface area contributed by atoms with Gasteiger partial charge in [0.15, 0.2) is 6.61 Å². The first-order valence-electron chi connectivity index (χ1n) is 8.20. The number of amides is 1. The van der Waals surface area contributed by atoms with Crippen molar-refractivity contribution in [1.29, 1.82) is 0 Å². The van der Waals surface area contributed by atoms with Crippen LogP contribution in [0.15, 0.2) is 48.7 Å². The number of nitrogens with one attached hydrogen (secondary N) is 1. The number of carbonyl (C=O) groups excluding carboxylic acids is 1. The standard InChI is InChI=1S/C20H17F3N2O2/c1-12-6-7-13(2)17(10-12)27-11-18(26)25-16-8-9-24-19-14(16)4-3-5-15(19)20(21,22)23/h3-10H,11H2,1-2H3,(H,24,25,26). The molecule has 0 aliphatic rings. The number of fused-ring (bicyclic) bond motifs is 1. The number of benzene rings is 2. The van der Waals surface area contributed by atoms with Crippen LogP contribution in [0.1, 0.15) is 16.7 Å². The molecule has 140 valence electrons. The third-order valence-corrected chi connectivity index (χ3v) is 4.05. The third kappa shape index (κ3) is 4.19. The molecule has 0 aliphatic heterocycles. The van der Waals surface area contributed by atoms with E-state index in [0.29, 0.717) is 5.75 Å². The Labute approximate surface area is 154 Å². The molecule has 7 heteroatoms. The Morgan fingerprint density at radius 1 is 1.15 bits per heavy atom. The normalized spacial score (nSPS) is 11.4. The van der Waals surface area contributed by atoms with E-state index in [9.17, 15) is 18.0 Å². The maximum Gasteiger partial charge on any atom is 0.418 e. The van der Waals surface area contributed by atoms with Gasteiger partial charge in [0, 0.05) is 11.6 Å². The lowest BCUT2D eigenvalue weighted by Crippen LogP contribution is -2.20. The Kier molecular flexibility index (Phi) is 5.03. The van der Waals surface area contributed by atoms with Gasteiger partial charge >= 0.3 is 6.18 Å². The molecule has 1 aromatic heterocycles. The number of halogens is 3. The highest BCUT2D eigenvalue weighted by atomic mass is 19.4. The summed E-state index contributed by atoms with van der Waals surface area (Å²) in [6, 6.07) is 10.8. The average molecular weight is 374 g/mol. The minimum absolute atomic E-state index is 0.210. The van der Waals surface area contributed by atoms with Gasteiger partial charge in [0.1, 0.15) is 5.75 Å². The number of alkyl halides is 3. The second kappa shape index (κ2) is 7.26. The van der Waals surface area contributed by atoms with E-state index in [4.69, 9.17) is 4.74 Å². The number of nitrogens with zero attached hydrogens (tertiary/aromatic N) is 1. The third-order valence-electron chi connectivity index (χ3n) is 4.05. The molecular weight excluding hydrogens is 357 g/mol. The van der Waals surface area contributed by atoms with Gasteiger partial charge in [-0.25, -0.2) is 0 Å². The lowest BCUT2D eigenvalue weighted by atomic mass is 10.1. The molecule has 1 amide bonds. The number of anilines is 1. The molecule has 0 saturated heterocycles. The molecule has 0 spiro atoms. The highest BCUT2D eigenvalue weighted by Crippen LogP contribution is 2.35. The number of para-hydroxylation sites is 1. The summed E-state index contributed by atoms with van der Waals surface area (Å²) in [6.07, 6.45) is -3.29. The van der Waals surface area contributed by atoms with Gasteiger partial charge in [0.2, 0.25) is 0 Å². The molecule has 2 aromatic carbocycles. The van der Waals surface area contributed by atoms with Crippen LogP contribution in [0.5, 0.6) is 5.75 Å². The van der Waals surface area contributed by atoms with Crippen molar-refractivity contribution in [3.8, 4) is 5.75 Å². The second-order valence-corrected chi connectivity index (χ2v) is 6.16. The van der Waals surface area contributed by atoms with Gasteiger partial charge in [-0.05, 0) is 43.2 Å². The number of carbonyl (C=O) groups is 1. The van der Waals surface area contributed by atoms with Crippen molar-refractivity contribution in [2.45, 2.75) is 20.0 Å². The van der Waals surface area contributed by atoms with Gasteiger partial charge in [-0.3, -0.25) is 9.78 Å². The number of hydrogen-bond acceptors (Lipinski definition) is 3. The van der Waals surface area contributed by atoms with Gasteiger partial charge in [0.25, 0.3) is 5.91 Å². The Morgan fingerprint density at radius 3 is 2.67 bits per heavy atom. The summed E-state index contributed by atoms with van der Waals surface area (Å²) in [6.45, 7) is 3.52. The zero-order valence-electron chi connectivity index (χ0n) is 14.7. The molecule has 1 heterocycles. The smallest absolute Gasteiger partial charge is 0.418 e. The van der Waals surface area contributed by atoms with E-state index in [1.54, 1.807) is 0 Å². The minimum atomic E-state index is -4.53. The van der Waals surface area contributed by atoms with E-state index in [1.807, 2.05) is 32.0 Å². The zero-order valence-corrected chi connectivity index (χ0v) is 14.7. The average Bonchev–Trinajstić information content (AvgIpc) is 2.61. The molecule has 1 N–H and O–H groups in total. The fourth-order valence-corrected chi connectivity index (χ4v) is 2.71. The Hall–Kier alpha value is -3.09. The van der Waals surface area contributed by atoms with Crippen molar-refractivity contribution in [2.75, 3.05) is 11.9 Å². The highest BCUT2D eigenvalue weighted by molar-refractivity contribution is 6.02. The maximum atomic E-state index is 13.1. The molecular formula is C20H17F3N2O2. The number of rotatable bonds is 4. The number of aromatic nitrogens is 1. The van der Waals surface area contributed by atoms with Crippen LogP contribution >= 0.6 is 0 Å². The van der Waals surface area contributed by atoms with E-state index >= 15 is 0 Å². The maximum absolute atomic E-state index is 13.1. The van der Waals surface area contributed by atoms with Crippen molar-refractivity contribution >= 4 is 22.5 Å². The van der Waals surface area contributed by atoms with Crippen LogP contribution in [0.25, 0.3) is 10.9 Å². The molecule has 4 nitrogen and oxygen atoms in total. The highest BCUT2D eigenvalue weighted by Gasteiger charge is 2.33. The van der Waals surface area contributed by atoms with Gasteiger partial charge in [-0.15, -0.1) is 0 Å². The molecule has 0 unspecified atom stereocenters. The van der Waals surface area contributed by atoms with Crippen LogP contribution in [0.3, 0.4) is 0 Å². The van der Waals surface area contributed by atoms with Gasteiger partial charge in [0.05, 0.1) is 16.8 Å². The van der Waals surface area contributed by atoms with Crippen LogP contribution in [-0.4, -0.2) is 17.5 Å². The summed E-state index contributed by atoms with van der Waals surface area (Å²) in [7, 11) is 0. The van der Waals surface area contributed by atoms with Crippen molar-refractivity contribution in [1.82, 2.24) is 4.98 Å². The van der Waals surface area contributed by atoms with Crippen LogP contribution in [-0.2, 0) is 11.0 Å². The van der Waals surface area contributed by atoms with Crippen LogP contribution in [0.4, 0.5) is 18.9 Å². The predicted octanol–water partition coefficient (Wildman–Crippen LogP) is 4.89. The van der Waals surface area contributed by atoms with Gasteiger partial charge in [-0.2, -0.15) is 13.2 Å². The van der Waals surface area contributed by atoms with Gasteiger partial charge < -0.3 is 10.1 Å². The van der Waals surface area contributed by atoms with Crippen molar-refractivity contribution < 1.29 is 22.7 Å². The van der Waals surface area contributed by atoms with Crippen molar-refractivity contribution in [2.24, 2.45) is 0 Å². The lowest BCUT2D eigenvalue weighted by Gasteiger charge is -2.13. The van der Waals surface area contributed by atoms with Crippen molar-refractivity contribution in [3.63, 3.8) is 0 Å². The molecule has 27 heavy (non-hydrogen) atoms. The van der Waals surface area contributed by atoms with E-state index < -0.39 is 17.6 Å². The van der Waals surface area contributed by atoms with Gasteiger partial charge in [-0.1, -0.05) is 24.3 Å². The van der Waals surface area contributed by atoms with E-state index in [-0.39, 0.29) is 23.2 Å². The SMILES string of the molecule is Cc1ccc(C)c(OCC(=O)Nc2ccnc3c(C(F)(F)F)cccc23)c1. The lowest BCUT2D eigenvalue weighted by molar-refractivity contribution is -0.136. The van der Waals surface area contributed by atoms with Crippen LogP contribution in [0, 0.1) is 13.8 Å². The van der Waals surface area contributed by atoms with E-state index in [0.717, 1.165) is 17.2 Å². The summed E-state index contributed by atoms with van der Waals surface area (Å²) in [4.78, 5) is 16.1. The molecule has 0 fully saturated rings. The number of aryl methyl sites for hydroxylation is 2. The Morgan fingerprint density at radius 2 is 1.93 bits per heavy atom.